The Bertz CT molecular complexity index is 863. The molecule has 0 bridgehead atoms. The van der Waals surface area contributed by atoms with Crippen LogP contribution in [0.2, 0.25) is 5.02 Å². The van der Waals surface area contributed by atoms with Gasteiger partial charge in [0, 0.05) is 10.6 Å². The first-order chi connectivity index (χ1) is 11.0. The standard InChI is InChI=1S/C18H17ClN4/c1-12-3-8-16(13(2)9-12)17-11-23(18(20)22-17)21-10-14-4-6-15(19)7-5-14/h3-11H,1-2H3,(H2,20,22). The summed E-state index contributed by atoms with van der Waals surface area (Å²) in [5, 5.41) is 5.06. The molecule has 0 atom stereocenters. The van der Waals surface area contributed by atoms with Gasteiger partial charge < -0.3 is 5.73 Å². The van der Waals surface area contributed by atoms with Crippen LogP contribution in [0.25, 0.3) is 11.3 Å². The van der Waals surface area contributed by atoms with Crippen molar-refractivity contribution < 1.29 is 0 Å². The van der Waals surface area contributed by atoms with Crippen molar-refractivity contribution in [1.29, 1.82) is 0 Å². The van der Waals surface area contributed by atoms with Crippen LogP contribution < -0.4 is 5.73 Å². The predicted octanol–water partition coefficient (Wildman–Crippen LogP) is 4.28. The highest BCUT2D eigenvalue weighted by Crippen LogP contribution is 2.24. The van der Waals surface area contributed by atoms with Gasteiger partial charge in [0.1, 0.15) is 0 Å². The van der Waals surface area contributed by atoms with Gasteiger partial charge >= 0.3 is 0 Å². The van der Waals surface area contributed by atoms with E-state index in [9.17, 15) is 0 Å². The highest BCUT2D eigenvalue weighted by Gasteiger charge is 2.08. The Morgan fingerprint density at radius 3 is 2.57 bits per heavy atom. The Balaban J connectivity index is 1.90. The quantitative estimate of drug-likeness (QED) is 0.731. The lowest BCUT2D eigenvalue weighted by Crippen LogP contribution is -1.96. The van der Waals surface area contributed by atoms with Crippen LogP contribution in [0, 0.1) is 13.8 Å². The molecule has 0 saturated carbocycles. The summed E-state index contributed by atoms with van der Waals surface area (Å²) in [6.07, 6.45) is 3.56. The maximum Gasteiger partial charge on any atom is 0.221 e. The predicted molar refractivity (Wildman–Crippen MR) is 96.0 cm³/mol. The highest BCUT2D eigenvalue weighted by molar-refractivity contribution is 6.30. The van der Waals surface area contributed by atoms with E-state index < -0.39 is 0 Å². The van der Waals surface area contributed by atoms with Gasteiger partial charge in [0.15, 0.2) is 0 Å². The molecule has 116 valence electrons. The van der Waals surface area contributed by atoms with Crippen molar-refractivity contribution in [3.8, 4) is 11.3 Å². The first-order valence-corrected chi connectivity index (χ1v) is 7.63. The lowest BCUT2D eigenvalue weighted by atomic mass is 10.0. The number of anilines is 1. The zero-order chi connectivity index (χ0) is 16.4. The largest absolute Gasteiger partial charge is 0.368 e. The third-order valence-corrected chi connectivity index (χ3v) is 3.83. The van der Waals surface area contributed by atoms with Gasteiger partial charge in [-0.05, 0) is 37.1 Å². The molecule has 0 saturated heterocycles. The summed E-state index contributed by atoms with van der Waals surface area (Å²) in [5.41, 5.74) is 11.2. The number of hydrogen-bond donors (Lipinski definition) is 1. The maximum atomic E-state index is 5.96. The highest BCUT2D eigenvalue weighted by atomic mass is 35.5. The topological polar surface area (TPSA) is 56.2 Å². The Morgan fingerprint density at radius 2 is 1.87 bits per heavy atom. The van der Waals surface area contributed by atoms with Crippen LogP contribution in [0.4, 0.5) is 5.95 Å². The summed E-state index contributed by atoms with van der Waals surface area (Å²) in [5.74, 6) is 0.352. The fourth-order valence-corrected chi connectivity index (χ4v) is 2.51. The van der Waals surface area contributed by atoms with Crippen molar-refractivity contribution in [3.63, 3.8) is 0 Å². The molecule has 0 radical (unpaired) electrons. The molecule has 3 aromatic rings. The Morgan fingerprint density at radius 1 is 1.13 bits per heavy atom. The second-order valence-corrected chi connectivity index (χ2v) is 5.88. The van der Waals surface area contributed by atoms with Crippen molar-refractivity contribution in [1.82, 2.24) is 9.66 Å². The van der Waals surface area contributed by atoms with Crippen LogP contribution in [0.5, 0.6) is 0 Å². The lowest BCUT2D eigenvalue weighted by Gasteiger charge is -2.02. The minimum absolute atomic E-state index is 0.352. The van der Waals surface area contributed by atoms with E-state index in [1.807, 2.05) is 30.5 Å². The van der Waals surface area contributed by atoms with E-state index in [0.29, 0.717) is 11.0 Å². The molecule has 0 aliphatic rings. The van der Waals surface area contributed by atoms with Crippen molar-refractivity contribution in [2.24, 2.45) is 5.10 Å². The van der Waals surface area contributed by atoms with Gasteiger partial charge in [0.05, 0.1) is 18.1 Å². The molecule has 1 heterocycles. The van der Waals surface area contributed by atoms with Gasteiger partial charge in [-0.1, -0.05) is 47.5 Å². The Hall–Kier alpha value is -2.59. The summed E-state index contributed by atoms with van der Waals surface area (Å²) in [4.78, 5) is 4.40. The number of benzene rings is 2. The molecule has 0 aliphatic heterocycles. The van der Waals surface area contributed by atoms with Crippen LogP contribution in [0.15, 0.2) is 53.8 Å². The minimum Gasteiger partial charge on any atom is -0.368 e. The maximum absolute atomic E-state index is 5.96. The zero-order valence-corrected chi connectivity index (χ0v) is 13.7. The van der Waals surface area contributed by atoms with Crippen LogP contribution in [0.3, 0.4) is 0 Å². The minimum atomic E-state index is 0.352. The van der Waals surface area contributed by atoms with Gasteiger partial charge in [0.25, 0.3) is 0 Å². The number of aromatic nitrogens is 2. The number of nitrogens with two attached hydrogens (primary N) is 1. The molecular formula is C18H17ClN4. The first-order valence-electron chi connectivity index (χ1n) is 7.25. The van der Waals surface area contributed by atoms with E-state index in [-0.39, 0.29) is 0 Å². The van der Waals surface area contributed by atoms with Crippen LogP contribution >= 0.6 is 11.6 Å². The Labute approximate surface area is 140 Å². The number of nitrogens with zero attached hydrogens (tertiary/aromatic N) is 3. The molecule has 0 fully saturated rings. The molecule has 23 heavy (non-hydrogen) atoms. The molecular weight excluding hydrogens is 308 g/mol. The van der Waals surface area contributed by atoms with Crippen LogP contribution in [0.1, 0.15) is 16.7 Å². The number of aryl methyl sites for hydroxylation is 2. The van der Waals surface area contributed by atoms with Crippen molar-refractivity contribution in [3.05, 3.63) is 70.4 Å². The molecule has 2 aromatic carbocycles. The molecule has 0 spiro atoms. The third kappa shape index (κ3) is 3.43. The molecule has 5 heteroatoms. The second kappa shape index (κ2) is 6.26. The SMILES string of the molecule is Cc1ccc(-c2cn(N=Cc3ccc(Cl)cc3)c(N)n2)c(C)c1. The van der Waals surface area contributed by atoms with E-state index in [2.05, 4.69) is 42.1 Å². The smallest absolute Gasteiger partial charge is 0.221 e. The summed E-state index contributed by atoms with van der Waals surface area (Å²) < 4.78 is 1.57. The molecule has 2 N–H and O–H groups in total. The fraction of sp³-hybridized carbons (Fsp3) is 0.111. The van der Waals surface area contributed by atoms with Crippen molar-refractivity contribution in [2.75, 3.05) is 5.73 Å². The molecule has 0 unspecified atom stereocenters. The number of halogens is 1. The van der Waals surface area contributed by atoms with E-state index in [4.69, 9.17) is 17.3 Å². The van der Waals surface area contributed by atoms with Gasteiger partial charge in [-0.2, -0.15) is 5.10 Å². The van der Waals surface area contributed by atoms with Crippen LogP contribution in [-0.4, -0.2) is 15.9 Å². The first kappa shape index (κ1) is 15.3. The summed E-state index contributed by atoms with van der Waals surface area (Å²) in [6, 6.07) is 13.7. The second-order valence-electron chi connectivity index (χ2n) is 5.44. The van der Waals surface area contributed by atoms with E-state index >= 15 is 0 Å². The average Bonchev–Trinajstić information content (AvgIpc) is 2.87. The summed E-state index contributed by atoms with van der Waals surface area (Å²) in [6.45, 7) is 4.13. The van der Waals surface area contributed by atoms with Crippen LogP contribution in [-0.2, 0) is 0 Å². The number of rotatable bonds is 3. The normalized spacial score (nSPS) is 11.3. The fourth-order valence-electron chi connectivity index (χ4n) is 2.39. The number of hydrogen-bond acceptors (Lipinski definition) is 3. The lowest BCUT2D eigenvalue weighted by molar-refractivity contribution is 0.898. The van der Waals surface area contributed by atoms with Gasteiger partial charge in [0.2, 0.25) is 5.95 Å². The molecule has 3 rings (SSSR count). The van der Waals surface area contributed by atoms with Crippen molar-refractivity contribution >= 4 is 23.8 Å². The summed E-state index contributed by atoms with van der Waals surface area (Å²) >= 11 is 5.87. The third-order valence-electron chi connectivity index (χ3n) is 3.57. The van der Waals surface area contributed by atoms with E-state index in [1.165, 1.54) is 5.56 Å². The molecule has 0 aliphatic carbocycles. The monoisotopic (exact) mass is 324 g/mol. The van der Waals surface area contributed by atoms with E-state index in [0.717, 1.165) is 22.4 Å². The van der Waals surface area contributed by atoms with Gasteiger partial charge in [-0.25, -0.2) is 9.66 Å². The van der Waals surface area contributed by atoms with Gasteiger partial charge in [-0.3, -0.25) is 0 Å². The number of imidazole rings is 1. The van der Waals surface area contributed by atoms with Gasteiger partial charge in [-0.15, -0.1) is 0 Å². The molecule has 0 amide bonds. The average molecular weight is 325 g/mol. The molecule has 1 aromatic heterocycles. The number of nitrogen functional groups attached to an aromatic ring is 1. The molecule has 4 nitrogen and oxygen atoms in total. The van der Waals surface area contributed by atoms with E-state index in [1.54, 1.807) is 10.9 Å². The zero-order valence-electron chi connectivity index (χ0n) is 13.0. The summed E-state index contributed by atoms with van der Waals surface area (Å²) in [7, 11) is 0. The van der Waals surface area contributed by atoms with Crippen molar-refractivity contribution in [2.45, 2.75) is 13.8 Å². The Kier molecular flexibility index (Phi) is 4.17.